The molecule has 0 bridgehead atoms. The summed E-state index contributed by atoms with van der Waals surface area (Å²) in [6.45, 7) is 1.77. The molecule has 1 amide bonds. The number of nitrogens with one attached hydrogen (secondary N) is 2. The highest BCUT2D eigenvalue weighted by atomic mass is 19.1. The first-order chi connectivity index (χ1) is 10.6. The molecule has 0 heterocycles. The molecule has 3 rings (SSSR count). The molecule has 0 saturated heterocycles. The molecule has 2 N–H and O–H groups in total. The molecule has 22 heavy (non-hydrogen) atoms. The van der Waals surface area contributed by atoms with Crippen molar-refractivity contribution < 1.29 is 9.18 Å². The standard InChI is InChI=1S/C18H19FN2O/c1-12(18(22)21-17-8-3-2-7-16(17)19)20-15-10-9-13-5-4-6-14(13)11-15/h2-3,7-12,20H,4-6H2,1H3,(H,21,22)/t12-/m0/s1. The van der Waals surface area contributed by atoms with Gasteiger partial charge in [-0.15, -0.1) is 0 Å². The molecular weight excluding hydrogens is 279 g/mol. The minimum Gasteiger partial charge on any atom is -0.374 e. The zero-order valence-corrected chi connectivity index (χ0v) is 12.5. The van der Waals surface area contributed by atoms with Crippen molar-refractivity contribution in [2.45, 2.75) is 32.2 Å². The summed E-state index contributed by atoms with van der Waals surface area (Å²) in [4.78, 5) is 12.2. The number of carbonyl (C=O) groups is 1. The van der Waals surface area contributed by atoms with Gasteiger partial charge in [0.25, 0.3) is 0 Å². The molecular formula is C18H19FN2O. The quantitative estimate of drug-likeness (QED) is 0.902. The fraction of sp³-hybridized carbons (Fsp3) is 0.278. The molecule has 0 unspecified atom stereocenters. The van der Waals surface area contributed by atoms with E-state index < -0.39 is 11.9 Å². The van der Waals surface area contributed by atoms with Crippen LogP contribution in [-0.4, -0.2) is 11.9 Å². The minimum atomic E-state index is -0.445. The van der Waals surface area contributed by atoms with Crippen LogP contribution < -0.4 is 10.6 Å². The van der Waals surface area contributed by atoms with Gasteiger partial charge in [0.05, 0.1) is 5.69 Å². The van der Waals surface area contributed by atoms with Gasteiger partial charge in [-0.2, -0.15) is 0 Å². The van der Waals surface area contributed by atoms with Crippen LogP contribution in [0.25, 0.3) is 0 Å². The summed E-state index contributed by atoms with van der Waals surface area (Å²) in [6, 6.07) is 11.9. The van der Waals surface area contributed by atoms with E-state index in [4.69, 9.17) is 0 Å². The summed E-state index contributed by atoms with van der Waals surface area (Å²) >= 11 is 0. The second kappa shape index (κ2) is 6.18. The molecule has 1 aliphatic carbocycles. The summed E-state index contributed by atoms with van der Waals surface area (Å²) in [7, 11) is 0. The summed E-state index contributed by atoms with van der Waals surface area (Å²) in [5.74, 6) is -0.689. The Bertz CT molecular complexity index is 699. The van der Waals surface area contributed by atoms with Crippen molar-refractivity contribution in [2.75, 3.05) is 10.6 Å². The number of aryl methyl sites for hydroxylation is 2. The average Bonchev–Trinajstić information content (AvgIpc) is 2.97. The van der Waals surface area contributed by atoms with E-state index in [0.717, 1.165) is 18.5 Å². The highest BCUT2D eigenvalue weighted by Gasteiger charge is 2.16. The first kappa shape index (κ1) is 14.6. The number of hydrogen-bond acceptors (Lipinski definition) is 2. The van der Waals surface area contributed by atoms with Crippen molar-refractivity contribution in [1.29, 1.82) is 0 Å². The molecule has 4 heteroatoms. The van der Waals surface area contributed by atoms with Crippen molar-refractivity contribution in [2.24, 2.45) is 0 Å². The number of para-hydroxylation sites is 1. The van der Waals surface area contributed by atoms with E-state index in [9.17, 15) is 9.18 Å². The van der Waals surface area contributed by atoms with Crippen LogP contribution >= 0.6 is 0 Å². The predicted molar refractivity (Wildman–Crippen MR) is 86.6 cm³/mol. The van der Waals surface area contributed by atoms with Crippen molar-refractivity contribution >= 4 is 17.3 Å². The molecule has 1 aliphatic rings. The number of fused-ring (bicyclic) bond motifs is 1. The zero-order valence-electron chi connectivity index (χ0n) is 12.5. The van der Waals surface area contributed by atoms with Crippen molar-refractivity contribution in [3.05, 3.63) is 59.4 Å². The van der Waals surface area contributed by atoms with E-state index in [1.165, 1.54) is 23.6 Å². The maximum absolute atomic E-state index is 13.6. The largest absolute Gasteiger partial charge is 0.374 e. The van der Waals surface area contributed by atoms with Gasteiger partial charge in [-0.1, -0.05) is 18.2 Å². The number of amides is 1. The van der Waals surface area contributed by atoms with E-state index in [0.29, 0.717) is 0 Å². The Balaban J connectivity index is 1.65. The fourth-order valence-electron chi connectivity index (χ4n) is 2.78. The molecule has 1 atom stereocenters. The lowest BCUT2D eigenvalue weighted by Gasteiger charge is -2.16. The molecule has 2 aromatic rings. The van der Waals surface area contributed by atoms with Gasteiger partial charge in [0.1, 0.15) is 11.9 Å². The Labute approximate surface area is 129 Å². The molecule has 0 saturated carbocycles. The fourth-order valence-corrected chi connectivity index (χ4v) is 2.78. The average molecular weight is 298 g/mol. The Morgan fingerprint density at radius 1 is 1.14 bits per heavy atom. The minimum absolute atomic E-state index is 0.204. The van der Waals surface area contributed by atoms with E-state index >= 15 is 0 Å². The van der Waals surface area contributed by atoms with E-state index in [2.05, 4.69) is 22.8 Å². The van der Waals surface area contributed by atoms with Gasteiger partial charge in [-0.25, -0.2) is 4.39 Å². The molecule has 0 radical (unpaired) electrons. The highest BCUT2D eigenvalue weighted by molar-refractivity contribution is 5.96. The van der Waals surface area contributed by atoms with Crippen LogP contribution in [0, 0.1) is 5.82 Å². The Hall–Kier alpha value is -2.36. The van der Waals surface area contributed by atoms with Crippen LogP contribution in [0.2, 0.25) is 0 Å². The van der Waals surface area contributed by atoms with Crippen molar-refractivity contribution in [3.8, 4) is 0 Å². The number of rotatable bonds is 4. The second-order valence-corrected chi connectivity index (χ2v) is 5.67. The SMILES string of the molecule is C[C@H](Nc1ccc2c(c1)CCC2)C(=O)Nc1ccccc1F. The van der Waals surface area contributed by atoms with Crippen molar-refractivity contribution in [3.63, 3.8) is 0 Å². The lowest BCUT2D eigenvalue weighted by Crippen LogP contribution is -2.32. The summed E-state index contributed by atoms with van der Waals surface area (Å²) in [5.41, 5.74) is 3.88. The third-order valence-corrected chi connectivity index (χ3v) is 4.01. The molecule has 0 aliphatic heterocycles. The van der Waals surface area contributed by atoms with E-state index in [1.807, 2.05) is 6.07 Å². The molecule has 3 nitrogen and oxygen atoms in total. The first-order valence-electron chi connectivity index (χ1n) is 7.57. The van der Waals surface area contributed by atoms with Crippen LogP contribution in [0.1, 0.15) is 24.5 Å². The summed E-state index contributed by atoms with van der Waals surface area (Å²) < 4.78 is 13.6. The van der Waals surface area contributed by atoms with Crippen LogP contribution in [0.4, 0.5) is 15.8 Å². The monoisotopic (exact) mass is 298 g/mol. The topological polar surface area (TPSA) is 41.1 Å². The van der Waals surface area contributed by atoms with Crippen LogP contribution in [0.3, 0.4) is 0 Å². The molecule has 0 aromatic heterocycles. The Morgan fingerprint density at radius 2 is 1.91 bits per heavy atom. The number of anilines is 2. The van der Waals surface area contributed by atoms with E-state index in [-0.39, 0.29) is 11.6 Å². The maximum Gasteiger partial charge on any atom is 0.246 e. The first-order valence-corrected chi connectivity index (χ1v) is 7.57. The van der Waals surface area contributed by atoms with Gasteiger partial charge in [0, 0.05) is 5.69 Å². The maximum atomic E-state index is 13.6. The predicted octanol–water partition coefficient (Wildman–Crippen LogP) is 3.75. The van der Waals surface area contributed by atoms with E-state index in [1.54, 1.807) is 25.1 Å². The molecule has 114 valence electrons. The van der Waals surface area contributed by atoms with Gasteiger partial charge in [0.2, 0.25) is 5.91 Å². The third kappa shape index (κ3) is 3.11. The van der Waals surface area contributed by atoms with Crippen molar-refractivity contribution in [1.82, 2.24) is 0 Å². The number of benzene rings is 2. The van der Waals surface area contributed by atoms with Crippen LogP contribution in [0.5, 0.6) is 0 Å². The van der Waals surface area contributed by atoms with Gasteiger partial charge >= 0.3 is 0 Å². The van der Waals surface area contributed by atoms with Crippen LogP contribution in [0.15, 0.2) is 42.5 Å². The molecule has 0 fully saturated rings. The van der Waals surface area contributed by atoms with Crippen LogP contribution in [-0.2, 0) is 17.6 Å². The third-order valence-electron chi connectivity index (χ3n) is 4.01. The van der Waals surface area contributed by atoms with Gasteiger partial charge in [-0.05, 0) is 61.6 Å². The Kier molecular flexibility index (Phi) is 4.09. The highest BCUT2D eigenvalue weighted by Crippen LogP contribution is 2.25. The lowest BCUT2D eigenvalue weighted by atomic mass is 10.1. The summed E-state index contributed by atoms with van der Waals surface area (Å²) in [6.07, 6.45) is 3.43. The lowest BCUT2D eigenvalue weighted by molar-refractivity contribution is -0.116. The number of carbonyl (C=O) groups excluding carboxylic acids is 1. The van der Waals surface area contributed by atoms with Gasteiger partial charge in [0.15, 0.2) is 0 Å². The summed E-state index contributed by atoms with van der Waals surface area (Å²) in [5, 5.41) is 5.78. The molecule has 2 aromatic carbocycles. The van der Waals surface area contributed by atoms with Gasteiger partial charge < -0.3 is 10.6 Å². The number of hydrogen-bond donors (Lipinski definition) is 2. The normalized spacial score (nSPS) is 14.3. The number of halogens is 1. The van der Waals surface area contributed by atoms with Gasteiger partial charge in [-0.3, -0.25) is 4.79 Å². The zero-order chi connectivity index (χ0) is 15.5. The Morgan fingerprint density at radius 3 is 2.73 bits per heavy atom. The second-order valence-electron chi connectivity index (χ2n) is 5.67. The molecule has 0 spiro atoms. The smallest absolute Gasteiger partial charge is 0.246 e.